The van der Waals surface area contributed by atoms with Crippen LogP contribution >= 0.6 is 15.9 Å². The summed E-state index contributed by atoms with van der Waals surface area (Å²) in [5, 5.41) is 9.35. The molecule has 6 nitrogen and oxygen atoms in total. The molecular formula is C14H19BrN2O4. The van der Waals surface area contributed by atoms with Gasteiger partial charge in [0.05, 0.1) is 23.0 Å². The highest BCUT2D eigenvalue weighted by atomic mass is 79.9. The molecule has 21 heavy (non-hydrogen) atoms. The Balaban J connectivity index is 2.14. The summed E-state index contributed by atoms with van der Waals surface area (Å²) in [4.78, 5) is 11.4. The summed E-state index contributed by atoms with van der Waals surface area (Å²) >= 11 is 3.46. The normalized spacial score (nSPS) is 25.0. The van der Waals surface area contributed by atoms with Gasteiger partial charge in [0.25, 0.3) is 0 Å². The fourth-order valence-corrected chi connectivity index (χ4v) is 2.91. The Hall–Kier alpha value is -1.15. The van der Waals surface area contributed by atoms with Crippen LogP contribution in [0, 0.1) is 5.92 Å². The monoisotopic (exact) mass is 358 g/mol. The maximum absolute atomic E-state index is 11.4. The lowest BCUT2D eigenvalue weighted by Crippen LogP contribution is -2.30. The number of halogens is 1. The third-order valence-electron chi connectivity index (χ3n) is 3.51. The van der Waals surface area contributed by atoms with Crippen LogP contribution in [0.4, 0.5) is 0 Å². The van der Waals surface area contributed by atoms with E-state index in [4.69, 9.17) is 9.47 Å². The van der Waals surface area contributed by atoms with E-state index in [9.17, 15) is 9.90 Å². The summed E-state index contributed by atoms with van der Waals surface area (Å²) in [5.74, 6) is -0.625. The van der Waals surface area contributed by atoms with Crippen molar-refractivity contribution in [3.63, 3.8) is 0 Å². The van der Waals surface area contributed by atoms with Gasteiger partial charge in [-0.25, -0.2) is 5.43 Å². The summed E-state index contributed by atoms with van der Waals surface area (Å²) in [6.07, 6.45) is 0. The van der Waals surface area contributed by atoms with Gasteiger partial charge < -0.3 is 14.6 Å². The Labute approximate surface area is 131 Å². The average Bonchev–Trinajstić information content (AvgIpc) is 2.82. The minimum Gasteiger partial charge on any atom is -0.490 e. The number of carboxylic acids is 1. The molecule has 3 unspecified atom stereocenters. The van der Waals surface area contributed by atoms with Crippen molar-refractivity contribution in [2.75, 3.05) is 20.3 Å². The number of methoxy groups -OCH3 is 1. The molecule has 1 saturated heterocycles. The second-order valence-electron chi connectivity index (χ2n) is 4.95. The molecule has 0 spiro atoms. The number of ether oxygens (including phenoxy) is 2. The zero-order valence-corrected chi connectivity index (χ0v) is 13.5. The van der Waals surface area contributed by atoms with Gasteiger partial charge in [-0.2, -0.15) is 0 Å². The van der Waals surface area contributed by atoms with Gasteiger partial charge in [0, 0.05) is 13.2 Å². The van der Waals surface area contributed by atoms with Crippen molar-refractivity contribution in [2.24, 2.45) is 5.92 Å². The van der Waals surface area contributed by atoms with Crippen LogP contribution in [0.25, 0.3) is 0 Å². The number of carbonyl (C=O) groups is 1. The Morgan fingerprint density at radius 3 is 2.76 bits per heavy atom. The minimum atomic E-state index is -0.818. The number of hydrazine groups is 1. The first-order chi connectivity index (χ1) is 10.0. The van der Waals surface area contributed by atoms with Crippen LogP contribution in [0.5, 0.6) is 5.75 Å². The molecule has 116 valence electrons. The SMILES string of the molecule is COCCOc1ccc(C2NNC(C)C2C(=O)O)cc1Br. The predicted molar refractivity (Wildman–Crippen MR) is 81.1 cm³/mol. The quantitative estimate of drug-likeness (QED) is 0.671. The van der Waals surface area contributed by atoms with Crippen LogP contribution in [0.2, 0.25) is 0 Å². The van der Waals surface area contributed by atoms with Crippen LogP contribution in [-0.4, -0.2) is 37.4 Å². The molecule has 0 amide bonds. The number of aliphatic carboxylic acids is 1. The van der Waals surface area contributed by atoms with Gasteiger partial charge >= 0.3 is 5.97 Å². The first kappa shape index (κ1) is 16.2. The second kappa shape index (κ2) is 7.22. The van der Waals surface area contributed by atoms with Crippen LogP contribution < -0.4 is 15.6 Å². The van der Waals surface area contributed by atoms with Crippen molar-refractivity contribution < 1.29 is 19.4 Å². The fraction of sp³-hybridized carbons (Fsp3) is 0.500. The highest BCUT2D eigenvalue weighted by Gasteiger charge is 2.39. The van der Waals surface area contributed by atoms with Gasteiger partial charge in [-0.3, -0.25) is 10.2 Å². The van der Waals surface area contributed by atoms with E-state index in [-0.39, 0.29) is 12.1 Å². The van der Waals surface area contributed by atoms with Gasteiger partial charge in [-0.05, 0) is 40.5 Å². The summed E-state index contributed by atoms with van der Waals surface area (Å²) in [5.41, 5.74) is 6.92. The summed E-state index contributed by atoms with van der Waals surface area (Å²) in [6.45, 7) is 2.83. The van der Waals surface area contributed by atoms with Crippen molar-refractivity contribution >= 4 is 21.9 Å². The molecule has 0 bridgehead atoms. The molecule has 1 fully saturated rings. The first-order valence-electron chi connectivity index (χ1n) is 6.69. The van der Waals surface area contributed by atoms with E-state index in [1.165, 1.54) is 0 Å². The second-order valence-corrected chi connectivity index (χ2v) is 5.80. The first-order valence-corrected chi connectivity index (χ1v) is 7.49. The van der Waals surface area contributed by atoms with E-state index < -0.39 is 11.9 Å². The molecule has 1 heterocycles. The zero-order valence-electron chi connectivity index (χ0n) is 11.9. The van der Waals surface area contributed by atoms with E-state index in [2.05, 4.69) is 26.8 Å². The Morgan fingerprint density at radius 1 is 1.38 bits per heavy atom. The number of nitrogens with one attached hydrogen (secondary N) is 2. The van der Waals surface area contributed by atoms with Crippen LogP contribution in [0.1, 0.15) is 18.5 Å². The topological polar surface area (TPSA) is 79.8 Å². The molecule has 1 aromatic carbocycles. The molecular weight excluding hydrogens is 340 g/mol. The number of hydrogen-bond acceptors (Lipinski definition) is 5. The van der Waals surface area contributed by atoms with E-state index >= 15 is 0 Å². The lowest BCUT2D eigenvalue weighted by atomic mass is 9.90. The number of rotatable bonds is 6. The molecule has 0 saturated carbocycles. The lowest BCUT2D eigenvalue weighted by Gasteiger charge is -2.18. The van der Waals surface area contributed by atoms with Crippen LogP contribution in [-0.2, 0) is 9.53 Å². The van der Waals surface area contributed by atoms with E-state index in [0.717, 1.165) is 10.0 Å². The molecule has 7 heteroatoms. The van der Waals surface area contributed by atoms with Gasteiger partial charge in [-0.1, -0.05) is 6.07 Å². The third kappa shape index (κ3) is 3.74. The highest BCUT2D eigenvalue weighted by molar-refractivity contribution is 9.10. The third-order valence-corrected chi connectivity index (χ3v) is 4.13. The standard InChI is InChI=1S/C14H19BrN2O4/c1-8-12(14(18)19)13(17-16-8)9-3-4-11(10(15)7-9)21-6-5-20-2/h3-4,7-8,12-13,16-17H,5-6H2,1-2H3,(H,18,19). The molecule has 3 N–H and O–H groups in total. The van der Waals surface area contributed by atoms with E-state index in [0.29, 0.717) is 19.0 Å². The summed E-state index contributed by atoms with van der Waals surface area (Å²) < 4.78 is 11.3. The summed E-state index contributed by atoms with van der Waals surface area (Å²) in [6, 6.07) is 5.18. The smallest absolute Gasteiger partial charge is 0.310 e. The van der Waals surface area contributed by atoms with Crippen LogP contribution in [0.15, 0.2) is 22.7 Å². The van der Waals surface area contributed by atoms with Crippen molar-refractivity contribution in [3.8, 4) is 5.75 Å². The molecule has 3 atom stereocenters. The summed E-state index contributed by atoms with van der Waals surface area (Å²) in [7, 11) is 1.62. The Kier molecular flexibility index (Phi) is 5.58. The number of carboxylic acid groups (broad SMARTS) is 1. The molecule has 1 aliphatic heterocycles. The lowest BCUT2D eigenvalue weighted by molar-refractivity contribution is -0.142. The van der Waals surface area contributed by atoms with E-state index in [1.807, 2.05) is 25.1 Å². The maximum Gasteiger partial charge on any atom is 0.310 e. The largest absolute Gasteiger partial charge is 0.490 e. The predicted octanol–water partition coefficient (Wildman–Crippen LogP) is 1.71. The molecule has 2 rings (SSSR count). The van der Waals surface area contributed by atoms with Gasteiger partial charge in [0.2, 0.25) is 0 Å². The zero-order chi connectivity index (χ0) is 15.4. The van der Waals surface area contributed by atoms with Crippen LogP contribution in [0.3, 0.4) is 0 Å². The van der Waals surface area contributed by atoms with Crippen molar-refractivity contribution in [1.29, 1.82) is 0 Å². The van der Waals surface area contributed by atoms with E-state index in [1.54, 1.807) is 7.11 Å². The van der Waals surface area contributed by atoms with Crippen molar-refractivity contribution in [2.45, 2.75) is 19.0 Å². The number of benzene rings is 1. The van der Waals surface area contributed by atoms with Crippen molar-refractivity contribution in [3.05, 3.63) is 28.2 Å². The van der Waals surface area contributed by atoms with Gasteiger partial charge in [-0.15, -0.1) is 0 Å². The Morgan fingerprint density at radius 2 is 2.14 bits per heavy atom. The molecule has 0 radical (unpaired) electrons. The highest BCUT2D eigenvalue weighted by Crippen LogP contribution is 2.33. The Bertz CT molecular complexity index is 512. The minimum absolute atomic E-state index is 0.135. The molecule has 0 aliphatic carbocycles. The molecule has 1 aromatic rings. The van der Waals surface area contributed by atoms with Gasteiger partial charge in [0.15, 0.2) is 0 Å². The number of hydrogen-bond donors (Lipinski definition) is 3. The van der Waals surface area contributed by atoms with Crippen molar-refractivity contribution in [1.82, 2.24) is 10.9 Å². The fourth-order valence-electron chi connectivity index (χ4n) is 2.40. The average molecular weight is 359 g/mol. The molecule has 0 aromatic heterocycles. The molecule has 1 aliphatic rings. The van der Waals surface area contributed by atoms with Gasteiger partial charge in [0.1, 0.15) is 12.4 Å². The maximum atomic E-state index is 11.4.